The first-order valence-corrected chi connectivity index (χ1v) is 7.78. The zero-order valence-electron chi connectivity index (χ0n) is 14.2. The van der Waals surface area contributed by atoms with Crippen LogP contribution in [0.1, 0.15) is 24.2 Å². The van der Waals surface area contributed by atoms with Crippen LogP contribution in [0.3, 0.4) is 0 Å². The third-order valence-corrected chi connectivity index (χ3v) is 3.75. The summed E-state index contributed by atoms with van der Waals surface area (Å²) in [6.07, 6.45) is 1.67. The van der Waals surface area contributed by atoms with Gasteiger partial charge in [-0.2, -0.15) is 5.10 Å². The third-order valence-electron chi connectivity index (χ3n) is 3.75. The Bertz CT molecular complexity index is 899. The zero-order chi connectivity index (χ0) is 17.3. The molecule has 0 atom stereocenters. The van der Waals surface area contributed by atoms with Crippen LogP contribution in [0.4, 0.5) is 0 Å². The minimum atomic E-state index is -0.137. The van der Waals surface area contributed by atoms with Crippen molar-refractivity contribution >= 4 is 16.9 Å². The summed E-state index contributed by atoms with van der Waals surface area (Å²) in [5, 5.41) is 7.90. The van der Waals surface area contributed by atoms with Crippen molar-refractivity contribution in [2.24, 2.45) is 7.05 Å². The second-order valence-corrected chi connectivity index (χ2v) is 5.89. The van der Waals surface area contributed by atoms with E-state index in [0.717, 1.165) is 10.9 Å². The first-order chi connectivity index (χ1) is 11.5. The lowest BCUT2D eigenvalue weighted by molar-refractivity contribution is 0.0944. The van der Waals surface area contributed by atoms with Gasteiger partial charge in [0.05, 0.1) is 30.0 Å². The van der Waals surface area contributed by atoms with E-state index in [1.807, 2.05) is 45.2 Å². The van der Waals surface area contributed by atoms with E-state index in [-0.39, 0.29) is 11.9 Å². The average molecular weight is 324 g/mol. The van der Waals surface area contributed by atoms with E-state index in [1.165, 1.54) is 0 Å². The molecule has 0 spiro atoms. The van der Waals surface area contributed by atoms with Gasteiger partial charge in [-0.3, -0.25) is 9.48 Å². The molecule has 6 nitrogen and oxygen atoms in total. The van der Waals surface area contributed by atoms with Crippen molar-refractivity contribution in [3.05, 3.63) is 42.1 Å². The molecule has 0 fully saturated rings. The molecule has 0 aliphatic rings. The van der Waals surface area contributed by atoms with Crippen molar-refractivity contribution in [3.8, 4) is 17.0 Å². The van der Waals surface area contributed by atoms with Crippen LogP contribution in [0.25, 0.3) is 22.3 Å². The number of ether oxygens (including phenoxy) is 1. The Balaban J connectivity index is 2.23. The summed E-state index contributed by atoms with van der Waals surface area (Å²) >= 11 is 0. The summed E-state index contributed by atoms with van der Waals surface area (Å²) in [6, 6.07) is 9.45. The number of nitrogens with one attached hydrogen (secondary N) is 1. The minimum Gasteiger partial charge on any atom is -0.496 e. The summed E-state index contributed by atoms with van der Waals surface area (Å²) in [6.45, 7) is 3.86. The minimum absolute atomic E-state index is 0.0482. The molecule has 1 amide bonds. The smallest absolute Gasteiger partial charge is 0.252 e. The Morgan fingerprint density at radius 1 is 1.29 bits per heavy atom. The van der Waals surface area contributed by atoms with E-state index >= 15 is 0 Å². The zero-order valence-corrected chi connectivity index (χ0v) is 14.2. The van der Waals surface area contributed by atoms with Gasteiger partial charge in [0, 0.05) is 18.7 Å². The highest BCUT2D eigenvalue weighted by atomic mass is 16.5. The Hall–Kier alpha value is -2.89. The third kappa shape index (κ3) is 2.82. The van der Waals surface area contributed by atoms with Gasteiger partial charge in [-0.05, 0) is 32.0 Å². The molecule has 2 aromatic heterocycles. The van der Waals surface area contributed by atoms with Gasteiger partial charge < -0.3 is 10.1 Å². The first kappa shape index (κ1) is 16.0. The molecule has 0 saturated carbocycles. The number of methoxy groups -OCH3 is 1. The van der Waals surface area contributed by atoms with Crippen LogP contribution in [-0.2, 0) is 7.05 Å². The van der Waals surface area contributed by atoms with Gasteiger partial charge in [0.1, 0.15) is 5.75 Å². The fourth-order valence-corrected chi connectivity index (χ4v) is 2.64. The lowest BCUT2D eigenvalue weighted by Crippen LogP contribution is -2.30. The highest BCUT2D eigenvalue weighted by Gasteiger charge is 2.18. The molecule has 124 valence electrons. The van der Waals surface area contributed by atoms with E-state index in [1.54, 1.807) is 24.1 Å². The standard InChI is InChI=1S/C18H20N4O2/c1-11(2)20-18(23)13-9-15(12-7-5-6-8-16(12)24-4)21-17-14(13)10-19-22(17)3/h5-11H,1-4H3,(H,20,23). The molecule has 24 heavy (non-hydrogen) atoms. The SMILES string of the molecule is COc1ccccc1-c1cc(C(=O)NC(C)C)c2cnn(C)c2n1. The second kappa shape index (κ2) is 6.31. The van der Waals surface area contributed by atoms with E-state index < -0.39 is 0 Å². The van der Waals surface area contributed by atoms with Crippen molar-refractivity contribution < 1.29 is 9.53 Å². The van der Waals surface area contributed by atoms with E-state index in [4.69, 9.17) is 4.74 Å². The summed E-state index contributed by atoms with van der Waals surface area (Å²) in [5.41, 5.74) is 2.73. The summed E-state index contributed by atoms with van der Waals surface area (Å²) in [4.78, 5) is 17.3. The fourth-order valence-electron chi connectivity index (χ4n) is 2.64. The van der Waals surface area contributed by atoms with Crippen LogP contribution in [0.15, 0.2) is 36.5 Å². The van der Waals surface area contributed by atoms with Gasteiger partial charge in [0.25, 0.3) is 5.91 Å². The number of hydrogen-bond acceptors (Lipinski definition) is 4. The van der Waals surface area contributed by atoms with Crippen molar-refractivity contribution in [3.63, 3.8) is 0 Å². The number of pyridine rings is 1. The van der Waals surface area contributed by atoms with Crippen molar-refractivity contribution in [1.29, 1.82) is 0 Å². The predicted molar refractivity (Wildman–Crippen MR) is 93.1 cm³/mol. The molecule has 0 unspecified atom stereocenters. The molecule has 2 heterocycles. The van der Waals surface area contributed by atoms with E-state index in [9.17, 15) is 4.79 Å². The molecule has 1 aromatic carbocycles. The van der Waals surface area contributed by atoms with Crippen LogP contribution in [0.5, 0.6) is 5.75 Å². The van der Waals surface area contributed by atoms with Crippen molar-refractivity contribution in [1.82, 2.24) is 20.1 Å². The topological polar surface area (TPSA) is 69.0 Å². The number of nitrogens with zero attached hydrogens (tertiary/aromatic N) is 3. The van der Waals surface area contributed by atoms with E-state index in [2.05, 4.69) is 15.4 Å². The summed E-state index contributed by atoms with van der Waals surface area (Å²) < 4.78 is 7.09. The summed E-state index contributed by atoms with van der Waals surface area (Å²) in [5.74, 6) is 0.572. The fraction of sp³-hybridized carbons (Fsp3) is 0.278. The second-order valence-electron chi connectivity index (χ2n) is 5.89. The number of aryl methyl sites for hydroxylation is 1. The van der Waals surface area contributed by atoms with Crippen LogP contribution in [0.2, 0.25) is 0 Å². The number of carbonyl (C=O) groups is 1. The van der Waals surface area contributed by atoms with Crippen LogP contribution in [0, 0.1) is 0 Å². The lowest BCUT2D eigenvalue weighted by Gasteiger charge is -2.12. The van der Waals surface area contributed by atoms with Gasteiger partial charge in [0.2, 0.25) is 0 Å². The molecule has 1 N–H and O–H groups in total. The highest BCUT2D eigenvalue weighted by Crippen LogP contribution is 2.31. The number of amides is 1. The number of hydrogen-bond donors (Lipinski definition) is 1. The molecule has 0 radical (unpaired) electrons. The number of fused-ring (bicyclic) bond motifs is 1. The van der Waals surface area contributed by atoms with Gasteiger partial charge in [-0.1, -0.05) is 12.1 Å². The molecular weight excluding hydrogens is 304 g/mol. The van der Waals surface area contributed by atoms with Gasteiger partial charge in [-0.15, -0.1) is 0 Å². The molecule has 0 aliphatic carbocycles. The van der Waals surface area contributed by atoms with Crippen LogP contribution >= 0.6 is 0 Å². The highest BCUT2D eigenvalue weighted by molar-refractivity contribution is 6.06. The Labute approximate surface area is 140 Å². The van der Waals surface area contributed by atoms with Gasteiger partial charge >= 0.3 is 0 Å². The largest absolute Gasteiger partial charge is 0.496 e. The molecular formula is C18H20N4O2. The average Bonchev–Trinajstić information content (AvgIpc) is 2.94. The Morgan fingerprint density at radius 2 is 2.04 bits per heavy atom. The monoisotopic (exact) mass is 324 g/mol. The number of aromatic nitrogens is 3. The Morgan fingerprint density at radius 3 is 2.75 bits per heavy atom. The first-order valence-electron chi connectivity index (χ1n) is 7.78. The van der Waals surface area contributed by atoms with Crippen molar-refractivity contribution in [2.75, 3.05) is 7.11 Å². The van der Waals surface area contributed by atoms with Gasteiger partial charge in [-0.25, -0.2) is 4.98 Å². The molecule has 3 aromatic rings. The Kier molecular flexibility index (Phi) is 4.20. The molecule has 0 saturated heterocycles. The number of para-hydroxylation sites is 1. The number of benzene rings is 1. The van der Waals surface area contributed by atoms with E-state index in [0.29, 0.717) is 22.7 Å². The van der Waals surface area contributed by atoms with Crippen molar-refractivity contribution in [2.45, 2.75) is 19.9 Å². The van der Waals surface area contributed by atoms with Crippen LogP contribution < -0.4 is 10.1 Å². The molecule has 0 aliphatic heterocycles. The van der Waals surface area contributed by atoms with Crippen LogP contribution in [-0.4, -0.2) is 33.8 Å². The summed E-state index contributed by atoms with van der Waals surface area (Å²) in [7, 11) is 3.43. The maximum Gasteiger partial charge on any atom is 0.252 e. The maximum absolute atomic E-state index is 12.6. The predicted octanol–water partition coefficient (Wildman–Crippen LogP) is 2.78. The molecule has 6 heteroatoms. The number of carbonyl (C=O) groups excluding carboxylic acids is 1. The molecule has 3 rings (SSSR count). The number of rotatable bonds is 4. The maximum atomic E-state index is 12.6. The van der Waals surface area contributed by atoms with Gasteiger partial charge in [0.15, 0.2) is 5.65 Å². The molecule has 0 bridgehead atoms. The normalized spacial score (nSPS) is 11.0. The lowest BCUT2D eigenvalue weighted by atomic mass is 10.1. The quantitative estimate of drug-likeness (QED) is 0.801.